The molecule has 0 bridgehead atoms. The maximum absolute atomic E-state index is 10.8. The van der Waals surface area contributed by atoms with Gasteiger partial charge in [-0.15, -0.1) is 0 Å². The molecule has 1 aliphatic rings. The lowest BCUT2D eigenvalue weighted by atomic mass is 10.0. The number of aliphatic imine (C=N–C) groups is 1. The van der Waals surface area contributed by atoms with Crippen molar-refractivity contribution < 1.29 is 4.79 Å². The summed E-state index contributed by atoms with van der Waals surface area (Å²) in [6, 6.07) is 0. The van der Waals surface area contributed by atoms with Crippen molar-refractivity contribution in [2.75, 3.05) is 33.2 Å². The average Bonchev–Trinajstić information content (AvgIpc) is 3.07. The van der Waals surface area contributed by atoms with E-state index in [-0.39, 0.29) is 5.91 Å². The van der Waals surface area contributed by atoms with Crippen molar-refractivity contribution in [1.29, 1.82) is 0 Å². The number of aryl methyl sites for hydroxylation is 1. The molecule has 2 heterocycles. The number of likely N-dealkylation sites (tertiary alicyclic amines) is 1. The lowest BCUT2D eigenvalue weighted by Crippen LogP contribution is -2.43. The number of aromatic nitrogens is 2. The van der Waals surface area contributed by atoms with Gasteiger partial charge in [-0.3, -0.25) is 14.5 Å². The van der Waals surface area contributed by atoms with Gasteiger partial charge in [0.2, 0.25) is 5.91 Å². The molecular formula is C14H24N6O. The Kier molecular flexibility index (Phi) is 5.19. The zero-order chi connectivity index (χ0) is 15.2. The van der Waals surface area contributed by atoms with Crippen LogP contribution < -0.4 is 10.6 Å². The number of carbonyl (C=O) groups is 1. The Labute approximate surface area is 125 Å². The molecule has 0 aliphatic carbocycles. The fourth-order valence-electron chi connectivity index (χ4n) is 2.62. The third-order valence-electron chi connectivity index (χ3n) is 3.68. The summed E-state index contributed by atoms with van der Waals surface area (Å²) in [5.74, 6) is 1.39. The number of rotatable bonds is 4. The molecule has 0 spiro atoms. The van der Waals surface area contributed by atoms with Crippen molar-refractivity contribution >= 4 is 11.9 Å². The molecule has 116 valence electrons. The minimum absolute atomic E-state index is 0.00963. The van der Waals surface area contributed by atoms with Crippen LogP contribution in [0.25, 0.3) is 0 Å². The van der Waals surface area contributed by atoms with Crippen LogP contribution in [0, 0.1) is 0 Å². The largest absolute Gasteiger partial charge is 0.355 e. The quantitative estimate of drug-likeness (QED) is 0.462. The maximum Gasteiger partial charge on any atom is 0.216 e. The van der Waals surface area contributed by atoms with E-state index >= 15 is 0 Å². The first-order valence-corrected chi connectivity index (χ1v) is 7.28. The van der Waals surface area contributed by atoms with Gasteiger partial charge in [0, 0.05) is 59.3 Å². The third kappa shape index (κ3) is 4.21. The summed E-state index contributed by atoms with van der Waals surface area (Å²) in [6.45, 7) is 4.74. The van der Waals surface area contributed by atoms with Gasteiger partial charge in [0.1, 0.15) is 0 Å². The van der Waals surface area contributed by atoms with Crippen LogP contribution >= 0.6 is 0 Å². The van der Waals surface area contributed by atoms with Gasteiger partial charge in [0.05, 0.1) is 6.20 Å². The van der Waals surface area contributed by atoms with Gasteiger partial charge in [-0.2, -0.15) is 5.10 Å². The smallest absolute Gasteiger partial charge is 0.216 e. The van der Waals surface area contributed by atoms with E-state index in [1.165, 1.54) is 12.5 Å². The molecule has 1 aromatic heterocycles. The van der Waals surface area contributed by atoms with Crippen LogP contribution in [0.4, 0.5) is 0 Å². The SMILES string of the molecule is CN=C(NCCNC(C)=O)N1CCC(c2cnn(C)c2)C1. The predicted molar refractivity (Wildman–Crippen MR) is 82.2 cm³/mol. The summed E-state index contributed by atoms with van der Waals surface area (Å²) < 4.78 is 1.85. The summed E-state index contributed by atoms with van der Waals surface area (Å²) >= 11 is 0. The van der Waals surface area contributed by atoms with E-state index in [4.69, 9.17) is 0 Å². The summed E-state index contributed by atoms with van der Waals surface area (Å²) in [5.41, 5.74) is 1.29. The average molecular weight is 292 g/mol. The normalized spacial score (nSPS) is 18.9. The molecule has 1 unspecified atom stereocenters. The van der Waals surface area contributed by atoms with Crippen LogP contribution in [0.1, 0.15) is 24.8 Å². The van der Waals surface area contributed by atoms with Crippen LogP contribution in [0.15, 0.2) is 17.4 Å². The van der Waals surface area contributed by atoms with Crippen LogP contribution in [0.2, 0.25) is 0 Å². The van der Waals surface area contributed by atoms with Gasteiger partial charge in [0.25, 0.3) is 0 Å². The fraction of sp³-hybridized carbons (Fsp3) is 0.643. The highest BCUT2D eigenvalue weighted by Gasteiger charge is 2.26. The first-order valence-electron chi connectivity index (χ1n) is 7.28. The number of amides is 1. The highest BCUT2D eigenvalue weighted by atomic mass is 16.1. The van der Waals surface area contributed by atoms with Gasteiger partial charge < -0.3 is 15.5 Å². The Hall–Kier alpha value is -2.05. The topological polar surface area (TPSA) is 74.6 Å². The van der Waals surface area contributed by atoms with Gasteiger partial charge in [-0.25, -0.2) is 0 Å². The first-order chi connectivity index (χ1) is 10.1. The Bertz CT molecular complexity index is 509. The van der Waals surface area contributed by atoms with Crippen molar-refractivity contribution in [1.82, 2.24) is 25.3 Å². The second kappa shape index (κ2) is 7.10. The molecule has 2 rings (SSSR count). The van der Waals surface area contributed by atoms with Crippen LogP contribution in [0.5, 0.6) is 0 Å². The molecule has 7 nitrogen and oxygen atoms in total. The highest BCUT2D eigenvalue weighted by molar-refractivity contribution is 5.80. The molecule has 7 heteroatoms. The first kappa shape index (κ1) is 15.3. The van der Waals surface area contributed by atoms with Gasteiger partial charge in [0.15, 0.2) is 5.96 Å². The summed E-state index contributed by atoms with van der Waals surface area (Å²) in [4.78, 5) is 17.4. The molecule has 1 aliphatic heterocycles. The van der Waals surface area contributed by atoms with E-state index in [1.807, 2.05) is 17.9 Å². The molecule has 1 saturated heterocycles. The molecule has 0 aromatic carbocycles. The summed E-state index contributed by atoms with van der Waals surface area (Å²) in [5, 5.41) is 10.3. The van der Waals surface area contributed by atoms with E-state index in [9.17, 15) is 4.79 Å². The summed E-state index contributed by atoms with van der Waals surface area (Å²) in [7, 11) is 3.73. The van der Waals surface area contributed by atoms with Crippen molar-refractivity contribution in [3.63, 3.8) is 0 Å². The zero-order valence-corrected chi connectivity index (χ0v) is 13.0. The number of hydrogen-bond donors (Lipinski definition) is 2. The zero-order valence-electron chi connectivity index (χ0n) is 13.0. The van der Waals surface area contributed by atoms with Crippen molar-refractivity contribution in [3.8, 4) is 0 Å². The van der Waals surface area contributed by atoms with Crippen molar-refractivity contribution in [2.24, 2.45) is 12.0 Å². The lowest BCUT2D eigenvalue weighted by molar-refractivity contribution is -0.118. The second-order valence-corrected chi connectivity index (χ2v) is 5.34. The minimum Gasteiger partial charge on any atom is -0.355 e. The minimum atomic E-state index is -0.00963. The Morgan fingerprint density at radius 2 is 2.24 bits per heavy atom. The van der Waals surface area contributed by atoms with E-state index < -0.39 is 0 Å². The number of carbonyl (C=O) groups excluding carboxylic acids is 1. The molecule has 0 saturated carbocycles. The number of nitrogens with zero attached hydrogens (tertiary/aromatic N) is 4. The fourth-order valence-corrected chi connectivity index (χ4v) is 2.62. The Balaban J connectivity index is 1.82. The Morgan fingerprint density at radius 3 is 2.86 bits per heavy atom. The van der Waals surface area contributed by atoms with E-state index in [0.717, 1.165) is 25.5 Å². The molecule has 2 N–H and O–H groups in total. The van der Waals surface area contributed by atoms with Crippen molar-refractivity contribution in [3.05, 3.63) is 18.0 Å². The predicted octanol–water partition coefficient (Wildman–Crippen LogP) is -0.0791. The Morgan fingerprint density at radius 1 is 1.48 bits per heavy atom. The van der Waals surface area contributed by atoms with Crippen LogP contribution in [-0.2, 0) is 11.8 Å². The molecule has 1 fully saturated rings. The third-order valence-corrected chi connectivity index (χ3v) is 3.68. The standard InChI is InChI=1S/C14H24N6O/c1-11(21)16-5-6-17-14(15-2)20-7-4-12(10-20)13-8-18-19(3)9-13/h8-9,12H,4-7,10H2,1-3H3,(H,15,17)(H,16,21). The molecule has 0 radical (unpaired) electrons. The second-order valence-electron chi connectivity index (χ2n) is 5.34. The molecule has 21 heavy (non-hydrogen) atoms. The number of nitrogens with one attached hydrogen (secondary N) is 2. The van der Waals surface area contributed by atoms with Crippen molar-refractivity contribution in [2.45, 2.75) is 19.3 Å². The van der Waals surface area contributed by atoms with E-state index in [0.29, 0.717) is 19.0 Å². The van der Waals surface area contributed by atoms with Crippen LogP contribution in [-0.4, -0.2) is 59.8 Å². The monoisotopic (exact) mass is 292 g/mol. The van der Waals surface area contributed by atoms with E-state index in [1.54, 1.807) is 7.05 Å². The van der Waals surface area contributed by atoms with Gasteiger partial charge in [-0.1, -0.05) is 0 Å². The molecule has 1 aromatic rings. The molecular weight excluding hydrogens is 268 g/mol. The maximum atomic E-state index is 10.8. The summed E-state index contributed by atoms with van der Waals surface area (Å²) in [6.07, 6.45) is 5.14. The lowest BCUT2D eigenvalue weighted by Gasteiger charge is -2.21. The number of guanidine groups is 1. The molecule has 1 amide bonds. The van der Waals surface area contributed by atoms with Gasteiger partial charge in [-0.05, 0) is 12.0 Å². The van der Waals surface area contributed by atoms with E-state index in [2.05, 4.69) is 31.8 Å². The number of hydrogen-bond acceptors (Lipinski definition) is 3. The molecule has 1 atom stereocenters. The highest BCUT2D eigenvalue weighted by Crippen LogP contribution is 2.26. The van der Waals surface area contributed by atoms with Crippen LogP contribution in [0.3, 0.4) is 0 Å². The van der Waals surface area contributed by atoms with Gasteiger partial charge >= 0.3 is 0 Å².